The molecule has 2 rings (SSSR count). The molecule has 0 aliphatic heterocycles. The van der Waals surface area contributed by atoms with E-state index in [1.807, 2.05) is 6.07 Å². The van der Waals surface area contributed by atoms with Gasteiger partial charge in [-0.2, -0.15) is 0 Å². The number of carbonyl (C=O) groups is 1. The van der Waals surface area contributed by atoms with Crippen LogP contribution < -0.4 is 11.1 Å². The van der Waals surface area contributed by atoms with Crippen molar-refractivity contribution in [2.75, 3.05) is 13.1 Å². The van der Waals surface area contributed by atoms with Gasteiger partial charge in [-0.15, -0.1) is 12.4 Å². The highest BCUT2D eigenvalue weighted by Crippen LogP contribution is 2.40. The molecule has 1 aromatic rings. The summed E-state index contributed by atoms with van der Waals surface area (Å²) in [7, 11) is 0. The molecule has 1 saturated carbocycles. The van der Waals surface area contributed by atoms with Crippen LogP contribution in [0.25, 0.3) is 0 Å². The maximum Gasteiger partial charge on any atom is 0.221 e. The summed E-state index contributed by atoms with van der Waals surface area (Å²) in [6.07, 6.45) is 5.26. The van der Waals surface area contributed by atoms with Crippen LogP contribution >= 0.6 is 12.4 Å². The molecule has 1 aliphatic rings. The molecule has 0 heterocycles. The monoisotopic (exact) mass is 282 g/mol. The Morgan fingerprint density at radius 2 is 1.84 bits per heavy atom. The first-order valence-corrected chi connectivity index (χ1v) is 6.79. The van der Waals surface area contributed by atoms with Gasteiger partial charge < -0.3 is 11.1 Å². The fourth-order valence-electron chi connectivity index (χ4n) is 2.90. The normalized spacial score (nSPS) is 16.7. The van der Waals surface area contributed by atoms with Gasteiger partial charge in [0.15, 0.2) is 0 Å². The Morgan fingerprint density at radius 1 is 1.21 bits per heavy atom. The largest absolute Gasteiger partial charge is 0.355 e. The van der Waals surface area contributed by atoms with Crippen molar-refractivity contribution in [3.8, 4) is 0 Å². The molecule has 106 valence electrons. The molecule has 0 saturated heterocycles. The summed E-state index contributed by atoms with van der Waals surface area (Å²) in [6.45, 7) is 1.17. The Labute approximate surface area is 121 Å². The lowest BCUT2D eigenvalue weighted by Gasteiger charge is -2.30. The van der Waals surface area contributed by atoms with Crippen LogP contribution in [0.1, 0.15) is 37.7 Å². The number of hydrogen-bond acceptors (Lipinski definition) is 2. The Bertz CT molecular complexity index is 388. The predicted octanol–water partition coefficient (Wildman–Crippen LogP) is 2.39. The predicted molar refractivity (Wildman–Crippen MR) is 80.5 cm³/mol. The van der Waals surface area contributed by atoms with Crippen LogP contribution in [-0.4, -0.2) is 19.0 Å². The van der Waals surface area contributed by atoms with Crippen molar-refractivity contribution in [3.05, 3.63) is 35.9 Å². The number of halogens is 1. The summed E-state index contributed by atoms with van der Waals surface area (Å²) >= 11 is 0. The second-order valence-electron chi connectivity index (χ2n) is 5.17. The van der Waals surface area contributed by atoms with Gasteiger partial charge in [0, 0.05) is 24.9 Å². The van der Waals surface area contributed by atoms with Gasteiger partial charge >= 0.3 is 0 Å². The number of benzene rings is 1. The molecule has 19 heavy (non-hydrogen) atoms. The molecule has 3 nitrogen and oxygen atoms in total. The summed E-state index contributed by atoms with van der Waals surface area (Å²) in [5.74, 6) is 0.0692. The summed E-state index contributed by atoms with van der Waals surface area (Å²) in [5.41, 5.74) is 6.90. The molecule has 4 heteroatoms. The maximum absolute atomic E-state index is 11.6. The van der Waals surface area contributed by atoms with E-state index in [9.17, 15) is 4.79 Å². The highest BCUT2D eigenvalue weighted by Gasteiger charge is 2.35. The van der Waals surface area contributed by atoms with Crippen molar-refractivity contribution >= 4 is 18.3 Å². The van der Waals surface area contributed by atoms with Crippen molar-refractivity contribution in [1.82, 2.24) is 5.32 Å². The van der Waals surface area contributed by atoms with Crippen LogP contribution in [0.4, 0.5) is 0 Å². The van der Waals surface area contributed by atoms with E-state index in [4.69, 9.17) is 5.73 Å². The summed E-state index contributed by atoms with van der Waals surface area (Å²) in [5, 5.41) is 3.05. The smallest absolute Gasteiger partial charge is 0.221 e. The lowest BCUT2D eigenvalue weighted by molar-refractivity contribution is -0.121. The van der Waals surface area contributed by atoms with Gasteiger partial charge in [0.25, 0.3) is 0 Å². The van der Waals surface area contributed by atoms with Crippen molar-refractivity contribution in [2.24, 2.45) is 5.73 Å². The highest BCUT2D eigenvalue weighted by molar-refractivity contribution is 5.85. The fraction of sp³-hybridized carbons (Fsp3) is 0.533. The third kappa shape index (κ3) is 3.95. The summed E-state index contributed by atoms with van der Waals surface area (Å²) < 4.78 is 0. The quantitative estimate of drug-likeness (QED) is 0.871. The number of hydrogen-bond donors (Lipinski definition) is 2. The minimum absolute atomic E-state index is 0. The number of carbonyl (C=O) groups excluding carboxylic acids is 1. The van der Waals surface area contributed by atoms with E-state index in [0.29, 0.717) is 13.0 Å². The van der Waals surface area contributed by atoms with Crippen LogP contribution in [0.2, 0.25) is 0 Å². The van der Waals surface area contributed by atoms with Crippen molar-refractivity contribution in [1.29, 1.82) is 0 Å². The molecule has 1 aliphatic carbocycles. The SMILES string of the molecule is Cl.NCCC(=O)NCC1(c2ccccc2)CCCC1. The molecule has 1 aromatic carbocycles. The van der Waals surface area contributed by atoms with Gasteiger partial charge in [0.05, 0.1) is 0 Å². The third-order valence-corrected chi connectivity index (χ3v) is 3.94. The molecular formula is C15H23ClN2O. The van der Waals surface area contributed by atoms with Crippen molar-refractivity contribution < 1.29 is 4.79 Å². The molecule has 0 bridgehead atoms. The van der Waals surface area contributed by atoms with Crippen LogP contribution in [0.15, 0.2) is 30.3 Å². The van der Waals surface area contributed by atoms with Gasteiger partial charge in [-0.3, -0.25) is 4.79 Å². The number of rotatable bonds is 5. The lowest BCUT2D eigenvalue weighted by atomic mass is 9.79. The Morgan fingerprint density at radius 3 is 2.42 bits per heavy atom. The highest BCUT2D eigenvalue weighted by atomic mass is 35.5. The molecule has 1 amide bonds. The number of nitrogens with two attached hydrogens (primary N) is 1. The van der Waals surface area contributed by atoms with Crippen LogP contribution in [0, 0.1) is 0 Å². The van der Waals surface area contributed by atoms with Crippen molar-refractivity contribution in [3.63, 3.8) is 0 Å². The van der Waals surface area contributed by atoms with Gasteiger partial charge in [-0.05, 0) is 18.4 Å². The minimum Gasteiger partial charge on any atom is -0.355 e. The summed E-state index contributed by atoms with van der Waals surface area (Å²) in [4.78, 5) is 11.6. The minimum atomic E-state index is 0. The zero-order valence-corrected chi connectivity index (χ0v) is 12.0. The average molecular weight is 283 g/mol. The number of nitrogens with one attached hydrogen (secondary N) is 1. The van der Waals surface area contributed by atoms with E-state index < -0.39 is 0 Å². The van der Waals surface area contributed by atoms with E-state index in [-0.39, 0.29) is 23.7 Å². The van der Waals surface area contributed by atoms with E-state index in [0.717, 1.165) is 6.54 Å². The average Bonchev–Trinajstić information content (AvgIpc) is 2.88. The Balaban J connectivity index is 0.00000180. The van der Waals surface area contributed by atoms with Gasteiger partial charge in [0.2, 0.25) is 5.91 Å². The molecule has 0 aromatic heterocycles. The molecule has 0 radical (unpaired) electrons. The topological polar surface area (TPSA) is 55.1 Å². The van der Waals surface area contributed by atoms with Gasteiger partial charge in [-0.1, -0.05) is 43.2 Å². The molecule has 3 N–H and O–H groups in total. The second-order valence-corrected chi connectivity index (χ2v) is 5.17. The second kappa shape index (κ2) is 7.51. The molecule has 0 atom stereocenters. The number of amides is 1. The first-order valence-electron chi connectivity index (χ1n) is 6.79. The van der Waals surface area contributed by atoms with E-state index in [1.165, 1.54) is 31.2 Å². The van der Waals surface area contributed by atoms with Crippen LogP contribution in [0.5, 0.6) is 0 Å². The van der Waals surface area contributed by atoms with Crippen LogP contribution in [-0.2, 0) is 10.2 Å². The van der Waals surface area contributed by atoms with Gasteiger partial charge in [0.1, 0.15) is 0 Å². The van der Waals surface area contributed by atoms with E-state index in [1.54, 1.807) is 0 Å². The maximum atomic E-state index is 11.6. The zero-order chi connectivity index (χ0) is 12.8. The molecule has 0 spiro atoms. The Kier molecular flexibility index (Phi) is 6.32. The summed E-state index contributed by atoms with van der Waals surface area (Å²) in [6, 6.07) is 10.6. The van der Waals surface area contributed by atoms with Gasteiger partial charge in [-0.25, -0.2) is 0 Å². The van der Waals surface area contributed by atoms with Crippen LogP contribution in [0.3, 0.4) is 0 Å². The third-order valence-electron chi connectivity index (χ3n) is 3.94. The lowest BCUT2D eigenvalue weighted by Crippen LogP contribution is -2.39. The van der Waals surface area contributed by atoms with E-state index >= 15 is 0 Å². The van der Waals surface area contributed by atoms with Crippen molar-refractivity contribution in [2.45, 2.75) is 37.5 Å². The fourth-order valence-corrected chi connectivity index (χ4v) is 2.90. The molecule has 0 unspecified atom stereocenters. The first kappa shape index (κ1) is 16.0. The Hall–Kier alpha value is -1.06. The standard InChI is InChI=1S/C15H22N2O.ClH/c16-11-8-14(18)17-12-15(9-4-5-10-15)13-6-2-1-3-7-13;/h1-3,6-7H,4-5,8-12,16H2,(H,17,18);1H. The zero-order valence-electron chi connectivity index (χ0n) is 11.2. The molecular weight excluding hydrogens is 260 g/mol. The van der Waals surface area contributed by atoms with E-state index in [2.05, 4.69) is 29.6 Å². The molecule has 1 fully saturated rings. The first-order chi connectivity index (χ1) is 8.77.